The zero-order valence-electron chi connectivity index (χ0n) is 14.3. The number of rotatable bonds is 3. The van der Waals surface area contributed by atoms with Crippen LogP contribution in [0.25, 0.3) is 11.0 Å². The summed E-state index contributed by atoms with van der Waals surface area (Å²) in [6, 6.07) is 10.7. The Morgan fingerprint density at radius 2 is 1.88 bits per heavy atom. The molecule has 6 nitrogen and oxygen atoms in total. The molecule has 2 aromatic carbocycles. The molecule has 1 heterocycles. The number of hydrogen-bond donors (Lipinski definition) is 2. The Morgan fingerprint density at radius 3 is 2.56 bits per heavy atom. The quantitative estimate of drug-likeness (QED) is 0.721. The van der Waals surface area contributed by atoms with Crippen LogP contribution in [0.1, 0.15) is 28.4 Å². The predicted molar refractivity (Wildman–Crippen MR) is 98.4 cm³/mol. The number of aryl methyl sites for hydroxylation is 3. The third-order valence-electron chi connectivity index (χ3n) is 4.18. The first-order valence-corrected chi connectivity index (χ1v) is 8.06. The van der Waals surface area contributed by atoms with Crippen molar-refractivity contribution in [1.82, 2.24) is 9.55 Å². The molecular weight excluding hydrogens is 318 g/mol. The van der Waals surface area contributed by atoms with Crippen molar-refractivity contribution in [2.24, 2.45) is 0 Å². The molecule has 0 spiro atoms. The van der Waals surface area contributed by atoms with Crippen molar-refractivity contribution < 1.29 is 4.79 Å². The van der Waals surface area contributed by atoms with Gasteiger partial charge in [-0.3, -0.25) is 14.4 Å². The van der Waals surface area contributed by atoms with Gasteiger partial charge in [-0.2, -0.15) is 0 Å². The van der Waals surface area contributed by atoms with Crippen LogP contribution in [-0.2, 0) is 6.54 Å². The molecule has 0 atom stereocenters. The Kier molecular flexibility index (Phi) is 4.27. The van der Waals surface area contributed by atoms with E-state index in [2.05, 4.69) is 10.3 Å². The van der Waals surface area contributed by atoms with Gasteiger partial charge in [-0.05, 0) is 50.6 Å². The van der Waals surface area contributed by atoms with Crippen LogP contribution in [0.4, 0.5) is 5.69 Å². The molecule has 6 heteroatoms. The number of benzene rings is 2. The van der Waals surface area contributed by atoms with Crippen LogP contribution in [0.3, 0.4) is 0 Å². The van der Waals surface area contributed by atoms with Crippen LogP contribution in [0.15, 0.2) is 46.0 Å². The van der Waals surface area contributed by atoms with Crippen LogP contribution in [0.2, 0.25) is 0 Å². The summed E-state index contributed by atoms with van der Waals surface area (Å²) in [6.45, 7) is 6.10. The number of hydrogen-bond acceptors (Lipinski definition) is 3. The van der Waals surface area contributed by atoms with Crippen molar-refractivity contribution in [3.8, 4) is 0 Å². The van der Waals surface area contributed by atoms with E-state index in [9.17, 15) is 14.4 Å². The molecule has 1 amide bonds. The fourth-order valence-electron chi connectivity index (χ4n) is 2.88. The Hall–Kier alpha value is -3.15. The summed E-state index contributed by atoms with van der Waals surface area (Å²) in [5, 5.41) is 2.87. The van der Waals surface area contributed by atoms with Crippen LogP contribution in [-0.4, -0.2) is 15.5 Å². The second kappa shape index (κ2) is 6.39. The van der Waals surface area contributed by atoms with E-state index in [1.807, 2.05) is 32.0 Å². The van der Waals surface area contributed by atoms with Gasteiger partial charge in [-0.1, -0.05) is 17.7 Å². The normalized spacial score (nSPS) is 10.8. The van der Waals surface area contributed by atoms with Gasteiger partial charge in [0.1, 0.15) is 0 Å². The number of aromatic amines is 1. The first kappa shape index (κ1) is 16.7. The van der Waals surface area contributed by atoms with E-state index in [1.54, 1.807) is 25.1 Å². The lowest BCUT2D eigenvalue weighted by atomic mass is 10.1. The molecule has 0 saturated heterocycles. The third-order valence-corrected chi connectivity index (χ3v) is 4.18. The van der Waals surface area contributed by atoms with E-state index in [-0.39, 0.29) is 5.91 Å². The first-order valence-electron chi connectivity index (χ1n) is 8.06. The zero-order chi connectivity index (χ0) is 18.1. The molecule has 0 aliphatic rings. The molecule has 0 aliphatic carbocycles. The molecule has 0 unspecified atom stereocenters. The second-order valence-electron chi connectivity index (χ2n) is 6.01. The highest BCUT2D eigenvalue weighted by Gasteiger charge is 2.11. The van der Waals surface area contributed by atoms with Gasteiger partial charge in [0.05, 0.1) is 11.0 Å². The topological polar surface area (TPSA) is 84.0 Å². The lowest BCUT2D eigenvalue weighted by Crippen LogP contribution is -2.36. The summed E-state index contributed by atoms with van der Waals surface area (Å²) < 4.78 is 1.39. The molecule has 0 fully saturated rings. The maximum atomic E-state index is 12.5. The fraction of sp³-hybridized carbons (Fsp3) is 0.211. The number of carbonyl (C=O) groups excluding carboxylic acids is 1. The van der Waals surface area contributed by atoms with Gasteiger partial charge < -0.3 is 14.9 Å². The summed E-state index contributed by atoms with van der Waals surface area (Å²) in [7, 11) is 0. The molecule has 0 radical (unpaired) electrons. The van der Waals surface area contributed by atoms with E-state index in [0.29, 0.717) is 23.1 Å². The van der Waals surface area contributed by atoms with Gasteiger partial charge >= 0.3 is 11.1 Å². The third kappa shape index (κ3) is 3.10. The monoisotopic (exact) mass is 337 g/mol. The minimum absolute atomic E-state index is 0.274. The minimum atomic E-state index is -0.693. The minimum Gasteiger partial charge on any atom is -0.322 e. The van der Waals surface area contributed by atoms with Gasteiger partial charge in [-0.25, -0.2) is 0 Å². The van der Waals surface area contributed by atoms with Gasteiger partial charge in [-0.15, -0.1) is 0 Å². The predicted octanol–water partition coefficient (Wildman–Crippen LogP) is 2.58. The van der Waals surface area contributed by atoms with Crippen molar-refractivity contribution >= 4 is 22.6 Å². The molecule has 25 heavy (non-hydrogen) atoms. The van der Waals surface area contributed by atoms with E-state index >= 15 is 0 Å². The molecule has 2 N–H and O–H groups in total. The van der Waals surface area contributed by atoms with Crippen LogP contribution >= 0.6 is 0 Å². The number of nitrogens with zero attached hydrogens (tertiary/aromatic N) is 1. The molecule has 1 aromatic heterocycles. The molecule has 3 aromatic rings. The second-order valence-corrected chi connectivity index (χ2v) is 6.01. The summed E-state index contributed by atoms with van der Waals surface area (Å²) in [5.41, 5.74) is 3.00. The van der Waals surface area contributed by atoms with E-state index < -0.39 is 11.1 Å². The molecular formula is C19H19N3O3. The summed E-state index contributed by atoms with van der Waals surface area (Å²) in [6.07, 6.45) is 0. The number of nitrogens with one attached hydrogen (secondary N) is 2. The summed E-state index contributed by atoms with van der Waals surface area (Å²) in [5.74, 6) is -0.274. The van der Waals surface area contributed by atoms with Gasteiger partial charge in [0.25, 0.3) is 5.91 Å². The zero-order valence-corrected chi connectivity index (χ0v) is 14.3. The Balaban J connectivity index is 2.01. The summed E-state index contributed by atoms with van der Waals surface area (Å²) in [4.78, 5) is 38.7. The fourth-order valence-corrected chi connectivity index (χ4v) is 2.88. The standard InChI is InChI=1S/C19H19N3O3/c1-4-22-16-8-6-13(10-15(16)21-18(24)19(22)25)17(23)20-14-7-5-11(2)9-12(14)3/h5-10H,4H2,1-3H3,(H,20,23)(H,21,24). The van der Waals surface area contributed by atoms with E-state index in [0.717, 1.165) is 16.8 Å². The van der Waals surface area contributed by atoms with Crippen LogP contribution in [0, 0.1) is 13.8 Å². The smallest absolute Gasteiger partial charge is 0.316 e. The van der Waals surface area contributed by atoms with Crippen LogP contribution < -0.4 is 16.4 Å². The van der Waals surface area contributed by atoms with E-state index in [4.69, 9.17) is 0 Å². The lowest BCUT2D eigenvalue weighted by Gasteiger charge is -2.11. The highest BCUT2D eigenvalue weighted by Crippen LogP contribution is 2.18. The number of anilines is 1. The van der Waals surface area contributed by atoms with Gasteiger partial charge in [0.15, 0.2) is 0 Å². The SMILES string of the molecule is CCn1c(=O)c(=O)[nH]c2cc(C(=O)Nc3ccc(C)cc3C)ccc21. The maximum Gasteiger partial charge on any atom is 0.316 e. The van der Waals surface area contributed by atoms with Crippen molar-refractivity contribution in [2.75, 3.05) is 5.32 Å². The number of fused-ring (bicyclic) bond motifs is 1. The molecule has 3 rings (SSSR count). The average Bonchev–Trinajstić information content (AvgIpc) is 2.58. The summed E-state index contributed by atoms with van der Waals surface area (Å²) >= 11 is 0. The Bertz CT molecular complexity index is 1090. The highest BCUT2D eigenvalue weighted by atomic mass is 16.2. The Morgan fingerprint density at radius 1 is 1.12 bits per heavy atom. The number of amides is 1. The van der Waals surface area contributed by atoms with E-state index in [1.165, 1.54) is 4.57 Å². The molecule has 0 bridgehead atoms. The van der Waals surface area contributed by atoms with Crippen molar-refractivity contribution in [2.45, 2.75) is 27.3 Å². The van der Waals surface area contributed by atoms with Gasteiger partial charge in [0, 0.05) is 17.8 Å². The molecule has 128 valence electrons. The molecule has 0 saturated carbocycles. The van der Waals surface area contributed by atoms with Crippen LogP contribution in [0.5, 0.6) is 0 Å². The maximum absolute atomic E-state index is 12.5. The average molecular weight is 337 g/mol. The molecule has 0 aliphatic heterocycles. The highest BCUT2D eigenvalue weighted by molar-refractivity contribution is 6.06. The Labute approximate surface area is 144 Å². The van der Waals surface area contributed by atoms with Crippen molar-refractivity contribution in [3.63, 3.8) is 0 Å². The number of aromatic nitrogens is 2. The van der Waals surface area contributed by atoms with Gasteiger partial charge in [0.2, 0.25) is 0 Å². The first-order chi connectivity index (χ1) is 11.9. The van der Waals surface area contributed by atoms with Crippen molar-refractivity contribution in [3.05, 3.63) is 73.8 Å². The number of H-pyrrole nitrogens is 1. The lowest BCUT2D eigenvalue weighted by molar-refractivity contribution is 0.102. The largest absolute Gasteiger partial charge is 0.322 e. The number of carbonyl (C=O) groups is 1. The van der Waals surface area contributed by atoms with Crippen molar-refractivity contribution in [1.29, 1.82) is 0 Å².